The molecule has 0 saturated carbocycles. The van der Waals surface area contributed by atoms with Gasteiger partial charge in [-0.05, 0) is 53.6 Å². The molecule has 2 amide bonds. The van der Waals surface area contributed by atoms with Gasteiger partial charge in [0, 0.05) is 29.8 Å². The Morgan fingerprint density at radius 1 is 1.07 bits per heavy atom. The summed E-state index contributed by atoms with van der Waals surface area (Å²) in [6.07, 6.45) is 2.98. The molecule has 0 fully saturated rings. The van der Waals surface area contributed by atoms with E-state index in [1.54, 1.807) is 12.1 Å². The topological polar surface area (TPSA) is 87.3 Å². The van der Waals surface area contributed by atoms with Gasteiger partial charge in [0.05, 0.1) is 12.6 Å². The van der Waals surface area contributed by atoms with Crippen LogP contribution < -0.4 is 5.32 Å². The van der Waals surface area contributed by atoms with Crippen LogP contribution in [0.1, 0.15) is 66.1 Å². The van der Waals surface area contributed by atoms with Crippen LogP contribution in [0.25, 0.3) is 11.3 Å². The number of benzene rings is 3. The molecule has 0 saturated heterocycles. The maximum absolute atomic E-state index is 13.9. The van der Waals surface area contributed by atoms with E-state index in [9.17, 15) is 9.59 Å². The minimum absolute atomic E-state index is 0.00841. The van der Waals surface area contributed by atoms with E-state index in [1.165, 1.54) is 5.56 Å². The van der Waals surface area contributed by atoms with E-state index in [2.05, 4.69) is 41.5 Å². The second-order valence-electron chi connectivity index (χ2n) is 11.2. The average molecular weight is 585 g/mol. The van der Waals surface area contributed by atoms with Crippen LogP contribution >= 0.6 is 11.6 Å². The Morgan fingerprint density at radius 3 is 2.55 bits per heavy atom. The Bertz CT molecular complexity index is 1530. The zero-order valence-electron chi connectivity index (χ0n) is 24.3. The highest BCUT2D eigenvalue weighted by molar-refractivity contribution is 6.31. The van der Waals surface area contributed by atoms with Crippen molar-refractivity contribution in [3.8, 4) is 11.3 Å². The number of fused-ring (bicyclic) bond motifs is 1. The van der Waals surface area contributed by atoms with E-state index in [-0.39, 0.29) is 17.9 Å². The molecule has 218 valence electrons. The van der Waals surface area contributed by atoms with Crippen LogP contribution in [0.2, 0.25) is 5.15 Å². The van der Waals surface area contributed by atoms with Gasteiger partial charge in [0.1, 0.15) is 16.7 Å². The van der Waals surface area contributed by atoms with E-state index in [0.717, 1.165) is 41.5 Å². The summed E-state index contributed by atoms with van der Waals surface area (Å²) in [6.45, 7) is 7.08. The third kappa shape index (κ3) is 6.85. The maximum Gasteiger partial charge on any atom is 0.411 e. The van der Waals surface area contributed by atoms with E-state index >= 15 is 0 Å². The number of aromatic amines is 1. The second-order valence-corrected chi connectivity index (χ2v) is 11.6. The molecule has 1 aliphatic heterocycles. The fraction of sp³-hybridized carbons (Fsp3) is 0.324. The zero-order chi connectivity index (χ0) is 29.6. The van der Waals surface area contributed by atoms with Gasteiger partial charge in [-0.2, -0.15) is 0 Å². The van der Waals surface area contributed by atoms with Gasteiger partial charge in [-0.3, -0.25) is 10.1 Å². The molecule has 1 aliphatic rings. The number of ether oxygens (including phenoxy) is 1. The van der Waals surface area contributed by atoms with Crippen LogP contribution in [-0.2, 0) is 24.0 Å². The summed E-state index contributed by atoms with van der Waals surface area (Å²) in [5.41, 5.74) is 6.24. The number of hydrogen-bond acceptors (Lipinski definition) is 4. The Labute approximate surface area is 252 Å². The lowest BCUT2D eigenvalue weighted by atomic mass is 9.93. The Balaban J connectivity index is 1.41. The molecule has 0 bridgehead atoms. The van der Waals surface area contributed by atoms with Gasteiger partial charge >= 0.3 is 6.09 Å². The lowest BCUT2D eigenvalue weighted by Crippen LogP contribution is -2.41. The van der Waals surface area contributed by atoms with Gasteiger partial charge in [-0.15, -0.1) is 0 Å². The third-order valence-corrected chi connectivity index (χ3v) is 7.69. The maximum atomic E-state index is 13.9. The summed E-state index contributed by atoms with van der Waals surface area (Å²) in [4.78, 5) is 36.0. The van der Waals surface area contributed by atoms with Crippen LogP contribution in [0.3, 0.4) is 0 Å². The smallest absolute Gasteiger partial charge is 0.411 e. The van der Waals surface area contributed by atoms with Crippen molar-refractivity contribution in [2.24, 2.45) is 5.92 Å². The zero-order valence-corrected chi connectivity index (χ0v) is 25.1. The first-order chi connectivity index (χ1) is 20.3. The molecular formula is C34H37ClN4O3. The van der Waals surface area contributed by atoms with Crippen molar-refractivity contribution >= 4 is 29.3 Å². The highest BCUT2D eigenvalue weighted by atomic mass is 35.5. The highest BCUT2D eigenvalue weighted by Crippen LogP contribution is 2.34. The van der Waals surface area contributed by atoms with Gasteiger partial charge in [0.25, 0.3) is 5.91 Å². The number of carbonyl (C=O) groups is 2. The van der Waals surface area contributed by atoms with E-state index < -0.39 is 6.09 Å². The standard InChI is InChI=1S/C34H37ClN4O3/c1-4-8-23-11-16-28-26(19-23)17-18-39(33(28)40)29(20-24-9-6-5-7-10-24)32-37-30(31(35)38-32)25-12-14-27(15-13-25)36-34(41)42-21-22(2)3/h5-7,9-16,19,22,29H,4,8,17-18,20-21H2,1-3H3,(H,36,41)(H,37,38). The first-order valence-corrected chi connectivity index (χ1v) is 15.0. The Hall–Kier alpha value is -4.10. The van der Waals surface area contributed by atoms with Crippen molar-refractivity contribution in [2.45, 2.75) is 52.5 Å². The molecule has 5 rings (SSSR count). The average Bonchev–Trinajstić information content (AvgIpc) is 3.37. The van der Waals surface area contributed by atoms with Crippen molar-refractivity contribution in [3.05, 3.63) is 106 Å². The van der Waals surface area contributed by atoms with Gasteiger partial charge in [-0.1, -0.05) is 93.4 Å². The largest absolute Gasteiger partial charge is 0.449 e. The van der Waals surface area contributed by atoms with Gasteiger partial charge in [0.2, 0.25) is 0 Å². The fourth-order valence-electron chi connectivity index (χ4n) is 5.32. The van der Waals surface area contributed by atoms with Gasteiger partial charge in [-0.25, -0.2) is 9.78 Å². The number of rotatable bonds is 10. The number of H-pyrrole nitrogens is 1. The number of aryl methyl sites for hydroxylation is 1. The molecule has 1 aromatic heterocycles. The molecule has 0 aliphatic carbocycles. The number of carbonyl (C=O) groups excluding carboxylic acids is 2. The second kappa shape index (κ2) is 13.3. The molecule has 0 radical (unpaired) electrons. The highest BCUT2D eigenvalue weighted by Gasteiger charge is 2.33. The number of amides is 2. The predicted octanol–water partition coefficient (Wildman–Crippen LogP) is 7.87. The molecule has 1 atom stereocenters. The van der Waals surface area contributed by atoms with Crippen molar-refractivity contribution in [1.82, 2.24) is 14.9 Å². The van der Waals surface area contributed by atoms with E-state index in [4.69, 9.17) is 21.3 Å². The van der Waals surface area contributed by atoms with Crippen LogP contribution in [-0.4, -0.2) is 40.0 Å². The minimum Gasteiger partial charge on any atom is -0.449 e. The van der Waals surface area contributed by atoms with Gasteiger partial charge in [0.15, 0.2) is 0 Å². The Kier molecular flexibility index (Phi) is 9.28. The molecule has 1 unspecified atom stereocenters. The summed E-state index contributed by atoms with van der Waals surface area (Å²) in [6, 6.07) is 23.3. The Morgan fingerprint density at radius 2 is 1.83 bits per heavy atom. The van der Waals surface area contributed by atoms with Crippen molar-refractivity contribution < 1.29 is 14.3 Å². The molecular weight excluding hydrogens is 548 g/mol. The van der Waals surface area contributed by atoms with Crippen LogP contribution in [0.15, 0.2) is 72.8 Å². The van der Waals surface area contributed by atoms with Gasteiger partial charge < -0.3 is 14.6 Å². The number of nitrogens with zero attached hydrogens (tertiary/aromatic N) is 2. The van der Waals surface area contributed by atoms with Crippen LogP contribution in [0, 0.1) is 5.92 Å². The molecule has 7 nitrogen and oxygen atoms in total. The van der Waals surface area contributed by atoms with Crippen molar-refractivity contribution in [2.75, 3.05) is 18.5 Å². The monoisotopic (exact) mass is 584 g/mol. The SMILES string of the molecule is CCCc1ccc2c(c1)CCN(C(Cc1ccccc1)c1nc(-c3ccc(NC(=O)OCC(C)C)cc3)c(Cl)[nH]1)C2=O. The number of hydrogen-bond donors (Lipinski definition) is 2. The summed E-state index contributed by atoms with van der Waals surface area (Å²) >= 11 is 6.71. The first-order valence-electron chi connectivity index (χ1n) is 14.6. The summed E-state index contributed by atoms with van der Waals surface area (Å²) in [5, 5.41) is 3.14. The predicted molar refractivity (Wildman–Crippen MR) is 167 cm³/mol. The molecule has 2 heterocycles. The number of anilines is 1. The normalized spacial score (nSPS) is 13.6. The van der Waals surface area contributed by atoms with E-state index in [1.807, 2.05) is 55.1 Å². The first kappa shape index (κ1) is 29.4. The lowest BCUT2D eigenvalue weighted by Gasteiger charge is -2.35. The molecule has 8 heteroatoms. The summed E-state index contributed by atoms with van der Waals surface area (Å²) in [7, 11) is 0. The number of nitrogens with one attached hydrogen (secondary N) is 2. The fourth-order valence-corrected chi connectivity index (χ4v) is 5.57. The van der Waals surface area contributed by atoms with Crippen molar-refractivity contribution in [3.63, 3.8) is 0 Å². The van der Waals surface area contributed by atoms with Crippen molar-refractivity contribution in [1.29, 1.82) is 0 Å². The quantitative estimate of drug-likeness (QED) is 0.198. The molecule has 3 aromatic carbocycles. The van der Waals surface area contributed by atoms with Crippen LogP contribution in [0.4, 0.5) is 10.5 Å². The molecule has 2 N–H and O–H groups in total. The minimum atomic E-state index is -0.491. The summed E-state index contributed by atoms with van der Waals surface area (Å²) < 4.78 is 5.20. The number of halogens is 1. The van der Waals surface area contributed by atoms with E-state index in [0.29, 0.717) is 41.9 Å². The number of aromatic nitrogens is 2. The van der Waals surface area contributed by atoms with Crippen LogP contribution in [0.5, 0.6) is 0 Å². The lowest BCUT2D eigenvalue weighted by molar-refractivity contribution is 0.0648. The molecule has 42 heavy (non-hydrogen) atoms. The number of imidazole rings is 1. The molecule has 4 aromatic rings. The third-order valence-electron chi connectivity index (χ3n) is 7.42. The molecule has 0 spiro atoms. The summed E-state index contributed by atoms with van der Waals surface area (Å²) in [5.74, 6) is 0.903.